The van der Waals surface area contributed by atoms with E-state index < -0.39 is 5.97 Å². The number of halogens is 2. The minimum atomic E-state index is -0.551. The van der Waals surface area contributed by atoms with E-state index in [1.54, 1.807) is 0 Å². The molecule has 6 heteroatoms. The number of hydrogen-bond acceptors (Lipinski definition) is 4. The third kappa shape index (κ3) is 3.68. The molecule has 0 saturated heterocycles. The molecule has 0 aliphatic heterocycles. The summed E-state index contributed by atoms with van der Waals surface area (Å²) in [5.74, 6) is -0.551. The quantitative estimate of drug-likeness (QED) is 0.686. The Balaban J connectivity index is 2.07. The summed E-state index contributed by atoms with van der Waals surface area (Å²) < 4.78 is 6.09. The first-order valence-electron chi connectivity index (χ1n) is 5.39. The van der Waals surface area contributed by atoms with Gasteiger partial charge in [0.05, 0.1) is 17.4 Å². The molecule has 0 saturated carbocycles. The van der Waals surface area contributed by atoms with Crippen molar-refractivity contribution < 1.29 is 9.53 Å². The summed E-state index contributed by atoms with van der Waals surface area (Å²) in [5, 5.41) is 0.0773. The monoisotopic (exact) mass is 340 g/mol. The van der Waals surface area contributed by atoms with Crippen LogP contribution in [0, 0.1) is 0 Å². The number of carbonyl (C=O) groups excluding carboxylic acids is 1. The maximum Gasteiger partial charge on any atom is 0.341 e. The number of aromatic nitrogens is 1. The predicted molar refractivity (Wildman–Crippen MR) is 76.9 cm³/mol. The fourth-order valence-electron chi connectivity index (χ4n) is 1.46. The second-order valence-corrected chi connectivity index (χ2v) is 5.09. The second kappa shape index (κ2) is 6.04. The molecule has 0 aliphatic rings. The number of benzene rings is 1. The van der Waals surface area contributed by atoms with Crippen molar-refractivity contribution in [1.82, 2.24) is 4.98 Å². The van der Waals surface area contributed by atoms with Crippen molar-refractivity contribution in [3.8, 4) is 0 Å². The molecule has 1 aromatic heterocycles. The third-order valence-corrected chi connectivity index (χ3v) is 3.13. The molecule has 0 fully saturated rings. The summed E-state index contributed by atoms with van der Waals surface area (Å²) in [5.41, 5.74) is 6.95. The average molecular weight is 342 g/mol. The van der Waals surface area contributed by atoms with Crippen molar-refractivity contribution in [1.29, 1.82) is 0 Å². The summed E-state index contributed by atoms with van der Waals surface area (Å²) in [6.07, 6.45) is 1.38. The van der Waals surface area contributed by atoms with Gasteiger partial charge in [-0.2, -0.15) is 0 Å². The van der Waals surface area contributed by atoms with E-state index in [0.717, 1.165) is 10.0 Å². The van der Waals surface area contributed by atoms with Gasteiger partial charge in [-0.15, -0.1) is 0 Å². The molecule has 4 nitrogen and oxygen atoms in total. The Hall–Kier alpha value is -1.59. The maximum atomic E-state index is 11.9. The lowest BCUT2D eigenvalue weighted by molar-refractivity contribution is 0.0472. The Morgan fingerprint density at radius 1 is 1.42 bits per heavy atom. The van der Waals surface area contributed by atoms with E-state index in [2.05, 4.69) is 20.9 Å². The molecule has 2 N–H and O–H groups in total. The van der Waals surface area contributed by atoms with Crippen LogP contribution < -0.4 is 5.73 Å². The van der Waals surface area contributed by atoms with Gasteiger partial charge >= 0.3 is 5.97 Å². The number of pyridine rings is 1. The standard InChI is InChI=1S/C13H10BrClN2O2/c14-9-3-1-2-8(4-9)7-19-13(18)11-5-10(16)6-17-12(11)15/h1-6H,7,16H2. The Bertz CT molecular complexity index is 619. The van der Waals surface area contributed by atoms with E-state index in [1.807, 2.05) is 24.3 Å². The summed E-state index contributed by atoms with van der Waals surface area (Å²) in [4.78, 5) is 15.7. The van der Waals surface area contributed by atoms with Gasteiger partial charge in [0.1, 0.15) is 11.8 Å². The Morgan fingerprint density at radius 2 is 2.21 bits per heavy atom. The van der Waals surface area contributed by atoms with Crippen LogP contribution >= 0.6 is 27.5 Å². The van der Waals surface area contributed by atoms with Gasteiger partial charge < -0.3 is 10.5 Å². The smallest absolute Gasteiger partial charge is 0.341 e. The molecule has 2 rings (SSSR count). The van der Waals surface area contributed by atoms with E-state index in [0.29, 0.717) is 5.69 Å². The highest BCUT2D eigenvalue weighted by molar-refractivity contribution is 9.10. The molecule has 1 heterocycles. The number of carbonyl (C=O) groups is 1. The van der Waals surface area contributed by atoms with Gasteiger partial charge in [0.2, 0.25) is 0 Å². The number of ether oxygens (including phenoxy) is 1. The van der Waals surface area contributed by atoms with E-state index in [4.69, 9.17) is 22.1 Å². The lowest BCUT2D eigenvalue weighted by Crippen LogP contribution is -2.07. The Labute approximate surface area is 123 Å². The fraction of sp³-hybridized carbons (Fsp3) is 0.0769. The number of anilines is 1. The molecule has 0 unspecified atom stereocenters. The van der Waals surface area contributed by atoms with Gasteiger partial charge in [-0.3, -0.25) is 0 Å². The lowest BCUT2D eigenvalue weighted by atomic mass is 10.2. The largest absolute Gasteiger partial charge is 0.457 e. The fourth-order valence-corrected chi connectivity index (χ4v) is 2.09. The van der Waals surface area contributed by atoms with E-state index in [1.165, 1.54) is 12.3 Å². The van der Waals surface area contributed by atoms with Gasteiger partial charge in [0.15, 0.2) is 0 Å². The second-order valence-electron chi connectivity index (χ2n) is 3.81. The molecule has 0 atom stereocenters. The molecule has 0 radical (unpaired) electrons. The maximum absolute atomic E-state index is 11.9. The van der Waals surface area contributed by atoms with Crippen LogP contribution in [0.25, 0.3) is 0 Å². The molecular formula is C13H10BrClN2O2. The van der Waals surface area contributed by atoms with Crippen LogP contribution in [0.2, 0.25) is 5.15 Å². The number of nitrogen functional groups attached to an aromatic ring is 1. The van der Waals surface area contributed by atoms with Gasteiger partial charge in [-0.25, -0.2) is 9.78 Å². The number of nitrogens with two attached hydrogens (primary N) is 1. The predicted octanol–water partition coefficient (Wildman–Crippen LogP) is 3.44. The van der Waals surface area contributed by atoms with Crippen molar-refractivity contribution in [2.24, 2.45) is 0 Å². The van der Waals surface area contributed by atoms with Crippen LogP contribution in [-0.2, 0) is 11.3 Å². The van der Waals surface area contributed by atoms with Crippen molar-refractivity contribution >= 4 is 39.2 Å². The molecule has 2 aromatic rings. The van der Waals surface area contributed by atoms with Crippen molar-refractivity contribution in [3.63, 3.8) is 0 Å². The molecular weight excluding hydrogens is 332 g/mol. The van der Waals surface area contributed by atoms with Crippen LogP contribution in [0.3, 0.4) is 0 Å². The zero-order chi connectivity index (χ0) is 13.8. The molecule has 0 bridgehead atoms. The molecule has 0 spiro atoms. The van der Waals surface area contributed by atoms with Gasteiger partial charge in [-0.05, 0) is 23.8 Å². The molecule has 19 heavy (non-hydrogen) atoms. The topological polar surface area (TPSA) is 65.2 Å². The van der Waals surface area contributed by atoms with Crippen LogP contribution in [0.4, 0.5) is 5.69 Å². The highest BCUT2D eigenvalue weighted by Crippen LogP contribution is 2.18. The van der Waals surface area contributed by atoms with Gasteiger partial charge in [0, 0.05) is 4.47 Å². The van der Waals surface area contributed by atoms with E-state index >= 15 is 0 Å². The third-order valence-electron chi connectivity index (χ3n) is 2.34. The first-order valence-corrected chi connectivity index (χ1v) is 6.56. The van der Waals surface area contributed by atoms with Crippen molar-refractivity contribution in [2.45, 2.75) is 6.61 Å². The number of hydrogen-bond donors (Lipinski definition) is 1. The van der Waals surface area contributed by atoms with E-state index in [9.17, 15) is 4.79 Å². The number of esters is 1. The Kier molecular flexibility index (Phi) is 4.39. The zero-order valence-electron chi connectivity index (χ0n) is 9.77. The summed E-state index contributed by atoms with van der Waals surface area (Å²) in [7, 11) is 0. The summed E-state index contributed by atoms with van der Waals surface area (Å²) in [6, 6.07) is 8.93. The molecule has 98 valence electrons. The van der Waals surface area contributed by atoms with E-state index in [-0.39, 0.29) is 17.3 Å². The highest BCUT2D eigenvalue weighted by Gasteiger charge is 2.13. The summed E-state index contributed by atoms with van der Waals surface area (Å²) >= 11 is 9.17. The van der Waals surface area contributed by atoms with Crippen LogP contribution in [0.15, 0.2) is 41.0 Å². The minimum absolute atomic E-state index is 0.0773. The van der Waals surface area contributed by atoms with Gasteiger partial charge in [0.25, 0.3) is 0 Å². The first-order chi connectivity index (χ1) is 9.06. The van der Waals surface area contributed by atoms with Gasteiger partial charge in [-0.1, -0.05) is 39.7 Å². The molecule has 0 aliphatic carbocycles. The van der Waals surface area contributed by atoms with Crippen LogP contribution in [0.5, 0.6) is 0 Å². The SMILES string of the molecule is Nc1cnc(Cl)c(C(=O)OCc2cccc(Br)c2)c1. The first kappa shape index (κ1) is 13.8. The minimum Gasteiger partial charge on any atom is -0.457 e. The lowest BCUT2D eigenvalue weighted by Gasteiger charge is -2.07. The number of nitrogens with zero attached hydrogens (tertiary/aromatic N) is 1. The molecule has 1 aromatic carbocycles. The molecule has 0 amide bonds. The van der Waals surface area contributed by atoms with Crippen LogP contribution in [0.1, 0.15) is 15.9 Å². The number of rotatable bonds is 3. The van der Waals surface area contributed by atoms with Crippen LogP contribution in [-0.4, -0.2) is 11.0 Å². The normalized spacial score (nSPS) is 10.2. The summed E-state index contributed by atoms with van der Waals surface area (Å²) in [6.45, 7) is 0.156. The van der Waals surface area contributed by atoms with Crippen molar-refractivity contribution in [3.05, 3.63) is 57.3 Å². The zero-order valence-corrected chi connectivity index (χ0v) is 12.1. The van der Waals surface area contributed by atoms with Crippen molar-refractivity contribution in [2.75, 3.05) is 5.73 Å². The average Bonchev–Trinajstić information content (AvgIpc) is 2.39. The Morgan fingerprint density at radius 3 is 2.95 bits per heavy atom. The highest BCUT2D eigenvalue weighted by atomic mass is 79.9.